The zero-order valence-electron chi connectivity index (χ0n) is 24.0. The van der Waals surface area contributed by atoms with E-state index in [0.717, 1.165) is 23.2 Å². The Hall–Kier alpha value is -4.83. The zero-order valence-corrected chi connectivity index (χ0v) is 24.0. The van der Waals surface area contributed by atoms with Gasteiger partial charge in [0.15, 0.2) is 11.5 Å². The topological polar surface area (TPSA) is 42.8 Å². The molecule has 0 unspecified atom stereocenters. The molecule has 1 heterocycles. The van der Waals surface area contributed by atoms with Gasteiger partial charge in [-0.1, -0.05) is 84.4 Å². The van der Waals surface area contributed by atoms with Gasteiger partial charge in [-0.3, -0.25) is 4.99 Å². The number of nitrogens with zero attached hydrogens (tertiary/aromatic N) is 1. The predicted molar refractivity (Wildman–Crippen MR) is 173 cm³/mol. The van der Waals surface area contributed by atoms with Crippen molar-refractivity contribution in [1.82, 2.24) is 0 Å². The quantitative estimate of drug-likeness (QED) is 0.162. The molecule has 0 spiro atoms. The van der Waals surface area contributed by atoms with Crippen molar-refractivity contribution in [1.29, 1.82) is 0 Å². The summed E-state index contributed by atoms with van der Waals surface area (Å²) in [5.41, 5.74) is 8.30. The van der Waals surface area contributed by atoms with Gasteiger partial charge < -0.3 is 14.8 Å². The van der Waals surface area contributed by atoms with E-state index in [4.69, 9.17) is 14.5 Å². The molecule has 1 N–H and O–H groups in total. The fourth-order valence-corrected chi connectivity index (χ4v) is 6.42. The number of hydrogen-bond donors (Lipinski definition) is 1. The van der Waals surface area contributed by atoms with E-state index >= 15 is 0 Å². The van der Waals surface area contributed by atoms with Gasteiger partial charge in [-0.2, -0.15) is 0 Å². The second-order valence-corrected chi connectivity index (χ2v) is 11.3. The summed E-state index contributed by atoms with van der Waals surface area (Å²) in [6.45, 7) is 2.64. The summed E-state index contributed by atoms with van der Waals surface area (Å²) < 4.78 is 11.9. The molecule has 0 bridgehead atoms. The van der Waals surface area contributed by atoms with E-state index in [-0.39, 0.29) is 6.04 Å². The zero-order chi connectivity index (χ0) is 28.5. The van der Waals surface area contributed by atoms with E-state index in [0.29, 0.717) is 29.9 Å². The number of fused-ring (bicyclic) bond motifs is 4. The molecule has 7 rings (SSSR count). The summed E-state index contributed by atoms with van der Waals surface area (Å²) in [5.74, 6) is 2.40. The smallest absolute Gasteiger partial charge is 0.161 e. The largest absolute Gasteiger partial charge is 0.493 e. The van der Waals surface area contributed by atoms with Gasteiger partial charge in [-0.05, 0) is 88.7 Å². The van der Waals surface area contributed by atoms with Crippen LogP contribution in [0.25, 0.3) is 10.8 Å². The van der Waals surface area contributed by atoms with E-state index in [1.54, 1.807) is 7.11 Å². The average molecular weight is 551 g/mol. The van der Waals surface area contributed by atoms with E-state index in [9.17, 15) is 0 Å². The maximum Gasteiger partial charge on any atom is 0.161 e. The van der Waals surface area contributed by atoms with Crippen LogP contribution < -0.4 is 14.8 Å². The number of aryl methyl sites for hydroxylation is 1. The molecule has 0 radical (unpaired) electrons. The molecule has 1 aliphatic carbocycles. The normalized spacial score (nSPS) is 19.0. The van der Waals surface area contributed by atoms with Crippen LogP contribution in [0.1, 0.15) is 46.2 Å². The monoisotopic (exact) mass is 550 g/mol. The van der Waals surface area contributed by atoms with Crippen LogP contribution in [0, 0.1) is 12.8 Å². The molecule has 0 saturated carbocycles. The number of nitrogens with one attached hydrogen (secondary N) is 1. The van der Waals surface area contributed by atoms with Crippen molar-refractivity contribution in [2.24, 2.45) is 10.9 Å². The Morgan fingerprint density at radius 2 is 1.74 bits per heavy atom. The summed E-state index contributed by atoms with van der Waals surface area (Å²) in [4.78, 5) is 4.75. The summed E-state index contributed by atoms with van der Waals surface area (Å²) in [6.07, 6.45) is 7.71. The number of allylic oxidation sites excluding steroid dienone is 2. The number of benzene rings is 5. The summed E-state index contributed by atoms with van der Waals surface area (Å²) in [7, 11) is 1.67. The van der Waals surface area contributed by atoms with Crippen molar-refractivity contribution in [2.45, 2.75) is 31.9 Å². The Morgan fingerprint density at radius 3 is 2.62 bits per heavy atom. The molecule has 208 valence electrons. The Balaban J connectivity index is 1.05. The van der Waals surface area contributed by atoms with Crippen LogP contribution in [-0.2, 0) is 6.61 Å². The van der Waals surface area contributed by atoms with Crippen LogP contribution in [0.4, 0.5) is 11.4 Å². The maximum atomic E-state index is 6.19. The highest BCUT2D eigenvalue weighted by atomic mass is 16.5. The first-order valence-corrected chi connectivity index (χ1v) is 14.6. The number of methoxy groups -OCH3 is 1. The molecule has 5 aromatic carbocycles. The molecule has 4 heteroatoms. The van der Waals surface area contributed by atoms with Crippen LogP contribution >= 0.6 is 0 Å². The number of ether oxygens (including phenoxy) is 2. The van der Waals surface area contributed by atoms with Gasteiger partial charge in [0.1, 0.15) is 6.61 Å². The minimum atomic E-state index is 0.281. The van der Waals surface area contributed by atoms with Crippen LogP contribution in [0.15, 0.2) is 120 Å². The van der Waals surface area contributed by atoms with Crippen molar-refractivity contribution >= 4 is 28.4 Å². The van der Waals surface area contributed by atoms with Gasteiger partial charge in [0.05, 0.1) is 18.8 Å². The molecule has 1 aliphatic heterocycles. The van der Waals surface area contributed by atoms with Crippen molar-refractivity contribution in [2.75, 3.05) is 12.4 Å². The van der Waals surface area contributed by atoms with Crippen molar-refractivity contribution in [3.05, 3.63) is 143 Å². The molecular weight excluding hydrogens is 516 g/mol. The third-order valence-corrected chi connectivity index (χ3v) is 8.58. The molecule has 0 fully saturated rings. The predicted octanol–water partition coefficient (Wildman–Crippen LogP) is 9.31. The molecule has 0 aromatic heterocycles. The van der Waals surface area contributed by atoms with Crippen LogP contribution in [0.3, 0.4) is 0 Å². The number of aliphatic imine (C=N–C) groups is 1. The Kier molecular flexibility index (Phi) is 6.97. The maximum absolute atomic E-state index is 6.19. The van der Waals surface area contributed by atoms with Crippen LogP contribution in [-0.4, -0.2) is 13.3 Å². The third-order valence-electron chi connectivity index (χ3n) is 8.58. The first-order chi connectivity index (χ1) is 20.7. The summed E-state index contributed by atoms with van der Waals surface area (Å²) >= 11 is 0. The molecular formula is C38H34N2O2. The van der Waals surface area contributed by atoms with Gasteiger partial charge in [-0.25, -0.2) is 0 Å². The average Bonchev–Trinajstić information content (AvgIpc) is 3.53. The van der Waals surface area contributed by atoms with Gasteiger partial charge in [0.2, 0.25) is 0 Å². The highest BCUT2D eigenvalue weighted by molar-refractivity contribution is 5.85. The molecule has 0 saturated heterocycles. The number of anilines is 1. The Morgan fingerprint density at radius 1 is 0.881 bits per heavy atom. The van der Waals surface area contributed by atoms with E-state index in [1.165, 1.54) is 33.2 Å². The Labute approximate surface area is 247 Å². The first-order valence-electron chi connectivity index (χ1n) is 14.6. The summed E-state index contributed by atoms with van der Waals surface area (Å²) in [6, 6.07) is 36.3. The van der Waals surface area contributed by atoms with E-state index < -0.39 is 0 Å². The number of rotatable bonds is 7. The van der Waals surface area contributed by atoms with Crippen molar-refractivity contribution in [3.63, 3.8) is 0 Å². The van der Waals surface area contributed by atoms with Gasteiger partial charge in [0, 0.05) is 17.8 Å². The minimum Gasteiger partial charge on any atom is -0.493 e. The molecule has 4 nitrogen and oxygen atoms in total. The van der Waals surface area contributed by atoms with Gasteiger partial charge >= 0.3 is 0 Å². The lowest BCUT2D eigenvalue weighted by Gasteiger charge is -2.37. The first kappa shape index (κ1) is 26.1. The third kappa shape index (κ3) is 5.05. The second-order valence-electron chi connectivity index (χ2n) is 11.3. The van der Waals surface area contributed by atoms with Crippen molar-refractivity contribution < 1.29 is 9.47 Å². The van der Waals surface area contributed by atoms with Crippen LogP contribution in [0.5, 0.6) is 11.5 Å². The fraction of sp³-hybridized carbons (Fsp3) is 0.184. The van der Waals surface area contributed by atoms with E-state index in [2.05, 4.69) is 109 Å². The SMILES string of the molecule is COc1cc(C=Nc2ccc([C@@H]3Nc4ccc(C)cc4[C@@H]4C=CC[C@H]43)cc2)ccc1OCc1cccc2ccccc12. The van der Waals surface area contributed by atoms with Crippen molar-refractivity contribution in [3.8, 4) is 11.5 Å². The van der Waals surface area contributed by atoms with Gasteiger partial charge in [0.25, 0.3) is 0 Å². The minimum absolute atomic E-state index is 0.281. The van der Waals surface area contributed by atoms with Crippen LogP contribution in [0.2, 0.25) is 0 Å². The number of hydrogen-bond acceptors (Lipinski definition) is 4. The van der Waals surface area contributed by atoms with Gasteiger partial charge in [-0.15, -0.1) is 0 Å². The highest BCUT2D eigenvalue weighted by Crippen LogP contribution is 2.50. The lowest BCUT2D eigenvalue weighted by Crippen LogP contribution is -2.29. The highest BCUT2D eigenvalue weighted by Gasteiger charge is 2.37. The molecule has 0 amide bonds. The summed E-state index contributed by atoms with van der Waals surface area (Å²) in [5, 5.41) is 6.24. The standard InChI is InChI=1S/C38H34N2O2/c1-25-13-19-35-34(21-25)32-11-6-12-33(32)38(40-35)28-15-17-30(18-16-28)39-23-26-14-20-36(37(22-26)41-2)42-24-29-9-5-8-27-7-3-4-10-31(27)29/h3-11,13-23,32-33,38,40H,12,24H2,1-2H3/t32-,33-,38+/m1/s1. The van der Waals surface area contributed by atoms with E-state index in [1.807, 2.05) is 24.4 Å². The molecule has 2 aliphatic rings. The second kappa shape index (κ2) is 11.2. The molecule has 3 atom stereocenters. The Bertz CT molecular complexity index is 1800. The lowest BCUT2D eigenvalue weighted by atomic mass is 9.76. The fourth-order valence-electron chi connectivity index (χ4n) is 6.42. The lowest BCUT2D eigenvalue weighted by molar-refractivity contribution is 0.285. The molecule has 42 heavy (non-hydrogen) atoms. The molecule has 5 aromatic rings.